The molecule has 0 amide bonds. The second kappa shape index (κ2) is 7.33. The lowest BCUT2D eigenvalue weighted by molar-refractivity contribution is -0.140. The summed E-state index contributed by atoms with van der Waals surface area (Å²) in [5.74, 6) is 0. The van der Waals surface area contributed by atoms with E-state index in [-0.39, 0.29) is 11.2 Å². The normalized spacial score (nSPS) is 12.4. The number of unbranched alkanes of at least 4 members (excludes halogenated alkanes) is 3. The van der Waals surface area contributed by atoms with Gasteiger partial charge in [0.05, 0.1) is 17.7 Å². The van der Waals surface area contributed by atoms with Crippen molar-refractivity contribution in [1.29, 1.82) is 0 Å². The lowest BCUT2D eigenvalue weighted by Crippen LogP contribution is -2.07. The summed E-state index contributed by atoms with van der Waals surface area (Å²) in [5, 5.41) is 8.58. The van der Waals surface area contributed by atoms with Gasteiger partial charge in [-0.3, -0.25) is 0 Å². The van der Waals surface area contributed by atoms with E-state index in [0.29, 0.717) is 11.9 Å². The molecule has 0 aliphatic carbocycles. The molecular weight excluding hydrogens is 291 g/mol. The second-order valence-electron chi connectivity index (χ2n) is 5.07. The summed E-state index contributed by atoms with van der Waals surface area (Å²) < 4.78 is 38.7. The highest BCUT2D eigenvalue weighted by atomic mass is 19.4. The van der Waals surface area contributed by atoms with Gasteiger partial charge in [-0.2, -0.15) is 23.4 Å². The zero-order valence-electron chi connectivity index (χ0n) is 12.4. The summed E-state index contributed by atoms with van der Waals surface area (Å²) in [4.78, 5) is 3.65. The third-order valence-corrected chi connectivity index (χ3v) is 3.27. The van der Waals surface area contributed by atoms with E-state index >= 15 is 0 Å². The molecule has 2 rings (SSSR count). The van der Waals surface area contributed by atoms with Crippen molar-refractivity contribution in [3.8, 4) is 0 Å². The molecule has 22 heavy (non-hydrogen) atoms. The molecule has 0 unspecified atom stereocenters. The first-order chi connectivity index (χ1) is 10.5. The van der Waals surface area contributed by atoms with Crippen molar-refractivity contribution in [2.45, 2.75) is 38.8 Å². The summed E-state index contributed by atoms with van der Waals surface area (Å²) in [7, 11) is 0. The second-order valence-corrected chi connectivity index (χ2v) is 5.07. The first-order valence-electron chi connectivity index (χ1n) is 7.37. The molecule has 1 aromatic heterocycles. The number of aromatic nitrogens is 1. The van der Waals surface area contributed by atoms with Gasteiger partial charge in [0.15, 0.2) is 0 Å². The maximum absolute atomic E-state index is 12.9. The number of nitrogens with zero attached hydrogens (tertiary/aromatic N) is 3. The lowest BCUT2D eigenvalue weighted by atomic mass is 10.1. The van der Waals surface area contributed by atoms with E-state index in [0.717, 1.165) is 31.7 Å². The number of halogens is 3. The van der Waals surface area contributed by atoms with Crippen LogP contribution in [0.15, 0.2) is 40.6 Å². The molecule has 0 N–H and O–H groups in total. The van der Waals surface area contributed by atoms with Gasteiger partial charge in [-0.1, -0.05) is 44.4 Å². The highest BCUT2D eigenvalue weighted by Gasteiger charge is 2.33. The van der Waals surface area contributed by atoms with Gasteiger partial charge >= 0.3 is 6.18 Å². The average Bonchev–Trinajstić information content (AvgIpc) is 2.49. The minimum atomic E-state index is -4.49. The van der Waals surface area contributed by atoms with Crippen LogP contribution in [0.4, 0.5) is 18.9 Å². The molecule has 0 saturated carbocycles. The molecule has 0 spiro atoms. The van der Waals surface area contributed by atoms with Crippen molar-refractivity contribution in [2.75, 3.05) is 6.54 Å². The molecule has 0 bridgehead atoms. The number of hydrogen-bond donors (Lipinski definition) is 0. The zero-order chi connectivity index (χ0) is 16.0. The molecule has 2 aromatic rings. The quantitative estimate of drug-likeness (QED) is 0.482. The Hall–Kier alpha value is -1.98. The van der Waals surface area contributed by atoms with Crippen LogP contribution in [-0.2, 0) is 6.18 Å². The van der Waals surface area contributed by atoms with Gasteiger partial charge in [-0.25, -0.2) is 4.98 Å². The predicted octanol–water partition coefficient (Wildman–Crippen LogP) is 5.92. The molecule has 0 radical (unpaired) electrons. The third-order valence-electron chi connectivity index (χ3n) is 3.27. The summed E-state index contributed by atoms with van der Waals surface area (Å²) >= 11 is 0. The molecule has 0 aliphatic rings. The molecule has 6 heteroatoms. The van der Waals surface area contributed by atoms with Crippen molar-refractivity contribution in [3.63, 3.8) is 0 Å². The highest BCUT2D eigenvalue weighted by molar-refractivity contribution is 5.89. The van der Waals surface area contributed by atoms with Gasteiger partial charge < -0.3 is 0 Å². The largest absolute Gasteiger partial charge is 0.433 e. The summed E-state index contributed by atoms with van der Waals surface area (Å²) in [6.07, 6.45) is -0.282. The molecule has 0 fully saturated rings. The predicted molar refractivity (Wildman–Crippen MR) is 80.3 cm³/mol. The first kappa shape index (κ1) is 16.4. The Bertz CT molecular complexity index is 651. The van der Waals surface area contributed by atoms with Crippen LogP contribution in [0.3, 0.4) is 0 Å². The smallest absolute Gasteiger partial charge is 0.243 e. The number of para-hydroxylation sites is 1. The van der Waals surface area contributed by atoms with E-state index in [4.69, 9.17) is 0 Å². The number of pyridine rings is 1. The van der Waals surface area contributed by atoms with Gasteiger partial charge in [-0.15, -0.1) is 0 Å². The van der Waals surface area contributed by atoms with Crippen molar-refractivity contribution in [3.05, 3.63) is 36.0 Å². The van der Waals surface area contributed by atoms with Crippen LogP contribution in [0.25, 0.3) is 10.9 Å². The van der Waals surface area contributed by atoms with E-state index in [1.54, 1.807) is 24.3 Å². The fourth-order valence-electron chi connectivity index (χ4n) is 2.12. The summed E-state index contributed by atoms with van der Waals surface area (Å²) in [6, 6.07) is 7.61. The van der Waals surface area contributed by atoms with E-state index in [1.165, 1.54) is 0 Å². The van der Waals surface area contributed by atoms with Crippen LogP contribution in [0.5, 0.6) is 0 Å². The number of rotatable bonds is 6. The maximum atomic E-state index is 12.9. The van der Waals surface area contributed by atoms with Crippen molar-refractivity contribution >= 4 is 16.6 Å². The Morgan fingerprint density at radius 3 is 2.59 bits per heavy atom. The molecule has 0 aliphatic heterocycles. The standard InChI is InChI=1S/C16H18F3N3/c1-2-3-4-7-10-20-22-14-11-15(16(17,18)19)21-13-9-6-5-8-12(13)14/h5-6,8-9,11H,2-4,7,10H2,1H3. The molecule has 3 nitrogen and oxygen atoms in total. The third kappa shape index (κ3) is 4.26. The summed E-state index contributed by atoms with van der Waals surface area (Å²) in [5.41, 5.74) is -0.447. The van der Waals surface area contributed by atoms with Crippen LogP contribution < -0.4 is 0 Å². The van der Waals surface area contributed by atoms with Crippen LogP contribution in [0.1, 0.15) is 38.3 Å². The van der Waals surface area contributed by atoms with Gasteiger partial charge in [-0.05, 0) is 18.6 Å². The van der Waals surface area contributed by atoms with Crippen molar-refractivity contribution in [2.24, 2.45) is 10.2 Å². The zero-order valence-corrected chi connectivity index (χ0v) is 12.4. The van der Waals surface area contributed by atoms with E-state index in [9.17, 15) is 13.2 Å². The van der Waals surface area contributed by atoms with Crippen LogP contribution in [-0.4, -0.2) is 11.5 Å². The Morgan fingerprint density at radius 1 is 1.09 bits per heavy atom. The molecular formula is C16H18F3N3. The molecule has 1 aromatic carbocycles. The minimum absolute atomic E-state index is 0.216. The van der Waals surface area contributed by atoms with E-state index in [2.05, 4.69) is 22.1 Å². The van der Waals surface area contributed by atoms with Crippen LogP contribution >= 0.6 is 0 Å². The van der Waals surface area contributed by atoms with E-state index in [1.807, 2.05) is 0 Å². The van der Waals surface area contributed by atoms with Gasteiger partial charge in [0.1, 0.15) is 5.69 Å². The summed E-state index contributed by atoms with van der Waals surface area (Å²) in [6.45, 7) is 2.64. The fourth-order valence-corrected chi connectivity index (χ4v) is 2.12. The monoisotopic (exact) mass is 309 g/mol. The number of azo groups is 1. The molecule has 0 saturated heterocycles. The molecule has 0 atom stereocenters. The topological polar surface area (TPSA) is 37.6 Å². The first-order valence-corrected chi connectivity index (χ1v) is 7.37. The number of alkyl halides is 3. The Kier molecular flexibility index (Phi) is 5.46. The SMILES string of the molecule is CCCCCCN=Nc1cc(C(F)(F)F)nc2ccccc12. The van der Waals surface area contributed by atoms with Crippen LogP contribution in [0.2, 0.25) is 0 Å². The van der Waals surface area contributed by atoms with E-state index < -0.39 is 11.9 Å². The maximum Gasteiger partial charge on any atom is 0.433 e. The lowest BCUT2D eigenvalue weighted by Gasteiger charge is -2.08. The van der Waals surface area contributed by atoms with Gasteiger partial charge in [0.2, 0.25) is 0 Å². The van der Waals surface area contributed by atoms with Gasteiger partial charge in [0, 0.05) is 5.39 Å². The number of fused-ring (bicyclic) bond motifs is 1. The fraction of sp³-hybridized carbons (Fsp3) is 0.438. The number of hydrogen-bond acceptors (Lipinski definition) is 3. The van der Waals surface area contributed by atoms with Crippen molar-refractivity contribution in [1.82, 2.24) is 4.98 Å². The number of benzene rings is 1. The van der Waals surface area contributed by atoms with Gasteiger partial charge in [0.25, 0.3) is 0 Å². The minimum Gasteiger partial charge on any atom is -0.243 e. The highest BCUT2D eigenvalue weighted by Crippen LogP contribution is 2.34. The average molecular weight is 309 g/mol. The molecule has 118 valence electrons. The Balaban J connectivity index is 2.25. The molecule has 1 heterocycles. The Morgan fingerprint density at radius 2 is 1.86 bits per heavy atom. The Labute approximate surface area is 127 Å². The van der Waals surface area contributed by atoms with Crippen LogP contribution in [0, 0.1) is 0 Å². The van der Waals surface area contributed by atoms with Crippen molar-refractivity contribution < 1.29 is 13.2 Å².